The van der Waals surface area contributed by atoms with Crippen LogP contribution in [0.5, 0.6) is 0 Å². The minimum absolute atomic E-state index is 0.133. The average Bonchev–Trinajstić information content (AvgIpc) is 2.38. The van der Waals surface area contributed by atoms with Crippen molar-refractivity contribution in [1.82, 2.24) is 0 Å². The summed E-state index contributed by atoms with van der Waals surface area (Å²) in [4.78, 5) is 11.2. The van der Waals surface area contributed by atoms with Gasteiger partial charge < -0.3 is 5.32 Å². The number of alkyl halides is 1. The molecular formula is C12H15ClN2O3S. The summed E-state index contributed by atoms with van der Waals surface area (Å²) in [6.07, 6.45) is 1.54. The van der Waals surface area contributed by atoms with E-state index in [-0.39, 0.29) is 17.5 Å². The Morgan fingerprint density at radius 1 is 1.37 bits per heavy atom. The van der Waals surface area contributed by atoms with Crippen LogP contribution in [0.15, 0.2) is 24.3 Å². The Morgan fingerprint density at radius 3 is 2.84 bits per heavy atom. The molecule has 19 heavy (non-hydrogen) atoms. The summed E-state index contributed by atoms with van der Waals surface area (Å²) in [6, 6.07) is 6.78. The van der Waals surface area contributed by atoms with E-state index in [9.17, 15) is 13.2 Å². The fraction of sp³-hybridized carbons (Fsp3) is 0.417. The van der Waals surface area contributed by atoms with Crippen molar-refractivity contribution in [3.05, 3.63) is 24.3 Å². The molecule has 104 valence electrons. The maximum absolute atomic E-state index is 12.0. The molecular weight excluding hydrogens is 288 g/mol. The number of nitrogens with one attached hydrogen (secondary N) is 1. The van der Waals surface area contributed by atoms with Crippen molar-refractivity contribution >= 4 is 38.9 Å². The number of hydrogen-bond acceptors (Lipinski definition) is 3. The summed E-state index contributed by atoms with van der Waals surface area (Å²) < 4.78 is 25.4. The Morgan fingerprint density at radius 2 is 2.16 bits per heavy atom. The van der Waals surface area contributed by atoms with Crippen LogP contribution in [0, 0.1) is 0 Å². The number of benzene rings is 1. The third-order valence-electron chi connectivity index (χ3n) is 2.89. The highest BCUT2D eigenvalue weighted by Gasteiger charge is 2.26. The molecule has 1 fully saturated rings. The highest BCUT2D eigenvalue weighted by atomic mass is 35.5. The van der Waals surface area contributed by atoms with E-state index in [2.05, 4.69) is 5.32 Å². The fourth-order valence-corrected chi connectivity index (χ4v) is 3.71. The fourth-order valence-electron chi connectivity index (χ4n) is 2.01. The second-order valence-electron chi connectivity index (χ2n) is 4.33. The van der Waals surface area contributed by atoms with Crippen molar-refractivity contribution in [3.8, 4) is 0 Å². The van der Waals surface area contributed by atoms with Crippen LogP contribution in [0.4, 0.5) is 11.4 Å². The summed E-state index contributed by atoms with van der Waals surface area (Å²) in [7, 11) is -3.23. The number of carbonyl (C=O) groups excluding carboxylic acids is 1. The monoisotopic (exact) mass is 302 g/mol. The normalized spacial score (nSPS) is 18.1. The molecule has 1 saturated heterocycles. The molecule has 0 radical (unpaired) electrons. The van der Waals surface area contributed by atoms with Gasteiger partial charge in [-0.15, -0.1) is 11.6 Å². The first-order valence-electron chi connectivity index (χ1n) is 5.99. The van der Waals surface area contributed by atoms with E-state index in [4.69, 9.17) is 11.6 Å². The third-order valence-corrected chi connectivity index (χ3v) is 5.00. The first kappa shape index (κ1) is 14.1. The molecule has 0 spiro atoms. The van der Waals surface area contributed by atoms with Crippen molar-refractivity contribution in [3.63, 3.8) is 0 Å². The second-order valence-corrected chi connectivity index (χ2v) is 6.61. The molecule has 7 heteroatoms. The molecule has 1 aliphatic rings. The van der Waals surface area contributed by atoms with Gasteiger partial charge in [-0.2, -0.15) is 0 Å². The van der Waals surface area contributed by atoms with Crippen LogP contribution in [0.3, 0.4) is 0 Å². The first-order chi connectivity index (χ1) is 9.03. The Labute approximate surface area is 117 Å². The Hall–Kier alpha value is -1.27. The number of hydrogen-bond donors (Lipinski definition) is 1. The maximum atomic E-state index is 12.0. The van der Waals surface area contributed by atoms with E-state index in [1.54, 1.807) is 24.3 Å². The number of anilines is 2. The maximum Gasteiger partial charge on any atom is 0.239 e. The van der Waals surface area contributed by atoms with Gasteiger partial charge in [-0.25, -0.2) is 8.42 Å². The first-order valence-corrected chi connectivity index (χ1v) is 8.13. The molecule has 0 saturated carbocycles. The number of carbonyl (C=O) groups is 1. The SMILES string of the molecule is O=C(CCl)Nc1cccc(N2CCCCS2(=O)=O)c1. The topological polar surface area (TPSA) is 66.5 Å². The van der Waals surface area contributed by atoms with E-state index in [1.807, 2.05) is 0 Å². The molecule has 1 heterocycles. The van der Waals surface area contributed by atoms with Crippen molar-refractivity contribution < 1.29 is 13.2 Å². The lowest BCUT2D eigenvalue weighted by molar-refractivity contribution is -0.113. The zero-order valence-corrected chi connectivity index (χ0v) is 11.9. The molecule has 1 aliphatic heterocycles. The Balaban J connectivity index is 2.25. The van der Waals surface area contributed by atoms with Gasteiger partial charge in [0.15, 0.2) is 0 Å². The number of sulfonamides is 1. The van der Waals surface area contributed by atoms with Gasteiger partial charge in [0.2, 0.25) is 15.9 Å². The minimum Gasteiger partial charge on any atom is -0.325 e. The van der Waals surface area contributed by atoms with Gasteiger partial charge in [0.05, 0.1) is 11.4 Å². The minimum atomic E-state index is -3.23. The molecule has 0 aromatic heterocycles. The van der Waals surface area contributed by atoms with Crippen molar-refractivity contribution in [2.45, 2.75) is 12.8 Å². The molecule has 1 amide bonds. The summed E-state index contributed by atoms with van der Waals surface area (Å²) in [5.74, 6) is -0.280. The van der Waals surface area contributed by atoms with E-state index in [1.165, 1.54) is 4.31 Å². The summed E-state index contributed by atoms with van der Waals surface area (Å²) in [6.45, 7) is 0.481. The van der Waals surface area contributed by atoms with Crippen LogP contribution in [-0.4, -0.2) is 32.5 Å². The van der Waals surface area contributed by atoms with E-state index >= 15 is 0 Å². The summed E-state index contributed by atoms with van der Waals surface area (Å²) in [5, 5.41) is 2.61. The van der Waals surface area contributed by atoms with Gasteiger partial charge in [-0.3, -0.25) is 9.10 Å². The van der Waals surface area contributed by atoms with E-state index < -0.39 is 10.0 Å². The van der Waals surface area contributed by atoms with Gasteiger partial charge in [0.25, 0.3) is 0 Å². The lowest BCUT2D eigenvalue weighted by Gasteiger charge is -2.28. The zero-order chi connectivity index (χ0) is 13.9. The molecule has 0 aliphatic carbocycles. The lowest BCUT2D eigenvalue weighted by Crippen LogP contribution is -2.37. The average molecular weight is 303 g/mol. The van der Waals surface area contributed by atoms with Crippen LogP contribution < -0.4 is 9.62 Å². The Bertz CT molecular complexity index is 574. The van der Waals surface area contributed by atoms with Crippen molar-refractivity contribution in [2.75, 3.05) is 27.8 Å². The van der Waals surface area contributed by atoms with Crippen LogP contribution >= 0.6 is 11.6 Å². The summed E-state index contributed by atoms with van der Waals surface area (Å²) >= 11 is 5.42. The molecule has 1 aromatic carbocycles. The highest BCUT2D eigenvalue weighted by molar-refractivity contribution is 7.92. The molecule has 2 rings (SSSR count). The predicted octanol–water partition coefficient (Wildman–Crippen LogP) is 1.79. The van der Waals surface area contributed by atoms with Crippen LogP contribution in [0.1, 0.15) is 12.8 Å². The molecule has 0 atom stereocenters. The smallest absolute Gasteiger partial charge is 0.239 e. The third kappa shape index (κ3) is 3.39. The van der Waals surface area contributed by atoms with Gasteiger partial charge in [-0.05, 0) is 31.0 Å². The Kier molecular flexibility index (Phi) is 4.31. The molecule has 0 bridgehead atoms. The van der Waals surface area contributed by atoms with Crippen LogP contribution in [0.25, 0.3) is 0 Å². The van der Waals surface area contributed by atoms with E-state index in [0.29, 0.717) is 24.3 Å². The van der Waals surface area contributed by atoms with Gasteiger partial charge in [0.1, 0.15) is 5.88 Å². The van der Waals surface area contributed by atoms with E-state index in [0.717, 1.165) is 6.42 Å². The number of amides is 1. The number of halogens is 1. The zero-order valence-electron chi connectivity index (χ0n) is 10.3. The largest absolute Gasteiger partial charge is 0.325 e. The van der Waals surface area contributed by atoms with Crippen LogP contribution in [-0.2, 0) is 14.8 Å². The molecule has 5 nitrogen and oxygen atoms in total. The predicted molar refractivity (Wildman–Crippen MR) is 76.2 cm³/mol. The molecule has 1 N–H and O–H groups in total. The van der Waals surface area contributed by atoms with Gasteiger partial charge >= 0.3 is 0 Å². The molecule has 1 aromatic rings. The lowest BCUT2D eigenvalue weighted by atomic mass is 10.2. The standard InChI is InChI=1S/C12H15ClN2O3S/c13-9-12(16)14-10-4-3-5-11(8-10)15-6-1-2-7-19(15,17)18/h3-5,8H,1-2,6-7,9H2,(H,14,16). The van der Waals surface area contributed by atoms with Crippen molar-refractivity contribution in [1.29, 1.82) is 0 Å². The number of nitrogens with zero attached hydrogens (tertiary/aromatic N) is 1. The van der Waals surface area contributed by atoms with Gasteiger partial charge in [-0.1, -0.05) is 6.07 Å². The van der Waals surface area contributed by atoms with Crippen molar-refractivity contribution in [2.24, 2.45) is 0 Å². The van der Waals surface area contributed by atoms with Crippen LogP contribution in [0.2, 0.25) is 0 Å². The van der Waals surface area contributed by atoms with Gasteiger partial charge in [0, 0.05) is 12.2 Å². The number of rotatable bonds is 3. The molecule has 0 unspecified atom stereocenters. The quantitative estimate of drug-likeness (QED) is 0.866. The second kappa shape index (κ2) is 5.79. The highest BCUT2D eigenvalue weighted by Crippen LogP contribution is 2.25. The summed E-state index contributed by atoms with van der Waals surface area (Å²) in [5.41, 5.74) is 1.12.